The molecule has 0 fully saturated rings. The molecule has 0 aliphatic carbocycles. The minimum absolute atomic E-state index is 0.0301. The van der Waals surface area contributed by atoms with Crippen molar-refractivity contribution in [1.82, 2.24) is 0 Å². The smallest absolute Gasteiger partial charge is 0.0884 e. The summed E-state index contributed by atoms with van der Waals surface area (Å²) in [5.74, 6) is 1.08. The molecule has 1 unspecified atom stereocenters. The largest absolute Gasteiger partial charge is 0.319 e. The molecule has 2 N–H and O–H groups in total. The molecule has 1 heterocycles. The van der Waals surface area contributed by atoms with Gasteiger partial charge in [-0.1, -0.05) is 6.08 Å². The van der Waals surface area contributed by atoms with Crippen LogP contribution >= 0.6 is 11.8 Å². The van der Waals surface area contributed by atoms with Gasteiger partial charge in [-0.25, -0.2) is 0 Å². The molecule has 0 saturated heterocycles. The van der Waals surface area contributed by atoms with E-state index in [0.717, 1.165) is 17.3 Å². The fraction of sp³-hybridized carbons (Fsp3) is 0.500. The second kappa shape index (κ2) is 3.03. The number of aliphatic imine (C=N–C) groups is 1. The highest BCUT2D eigenvalue weighted by atomic mass is 32.2. The van der Waals surface area contributed by atoms with Crippen LogP contribution in [0.15, 0.2) is 17.6 Å². The van der Waals surface area contributed by atoms with Gasteiger partial charge in [0.25, 0.3) is 0 Å². The molecular weight excluding hydrogens is 132 g/mol. The second-order valence-corrected chi connectivity index (χ2v) is 2.95. The number of hydrogen-bond acceptors (Lipinski definition) is 3. The Morgan fingerprint density at radius 1 is 1.89 bits per heavy atom. The number of nitrogens with two attached hydrogens (primary N) is 1. The molecule has 1 atom stereocenters. The van der Waals surface area contributed by atoms with Gasteiger partial charge in [0, 0.05) is 12.3 Å². The summed E-state index contributed by atoms with van der Waals surface area (Å²) in [5, 5.41) is 1.03. The summed E-state index contributed by atoms with van der Waals surface area (Å²) in [6, 6.07) is -0.0301. The molecule has 0 aromatic rings. The highest BCUT2D eigenvalue weighted by Gasteiger charge is 2.11. The van der Waals surface area contributed by atoms with Gasteiger partial charge < -0.3 is 5.73 Å². The molecule has 2 nitrogen and oxygen atoms in total. The Labute approximate surface area is 59.2 Å². The average Bonchev–Trinajstić information content (AvgIpc) is 2.37. The van der Waals surface area contributed by atoms with E-state index < -0.39 is 0 Å². The maximum absolute atomic E-state index is 5.61. The lowest BCUT2D eigenvalue weighted by atomic mass is 10.3. The summed E-state index contributed by atoms with van der Waals surface area (Å²) in [6.45, 7) is 4.50. The standard InChI is InChI=1S/C6H10N2S/c1-2-5(7)6-8-3-4-9-6/h2,5H,1,3-4,7H2. The normalized spacial score (nSPS) is 21.2. The SMILES string of the molecule is C=CC(N)C1=NCCS1. The number of hydrogen-bond donors (Lipinski definition) is 1. The van der Waals surface area contributed by atoms with Crippen molar-refractivity contribution in [3.05, 3.63) is 12.7 Å². The molecule has 3 heteroatoms. The van der Waals surface area contributed by atoms with E-state index in [2.05, 4.69) is 11.6 Å². The third kappa shape index (κ3) is 1.56. The molecule has 0 aromatic heterocycles. The fourth-order valence-corrected chi connectivity index (χ4v) is 1.52. The van der Waals surface area contributed by atoms with Gasteiger partial charge in [0.05, 0.1) is 11.1 Å². The Morgan fingerprint density at radius 2 is 2.67 bits per heavy atom. The van der Waals surface area contributed by atoms with Crippen LogP contribution in [0.25, 0.3) is 0 Å². The van der Waals surface area contributed by atoms with E-state index in [1.165, 1.54) is 0 Å². The van der Waals surface area contributed by atoms with Gasteiger partial charge in [-0.05, 0) is 0 Å². The third-order valence-corrected chi connectivity index (χ3v) is 2.23. The van der Waals surface area contributed by atoms with Crippen LogP contribution in [0.2, 0.25) is 0 Å². The van der Waals surface area contributed by atoms with E-state index in [-0.39, 0.29) is 6.04 Å². The average molecular weight is 142 g/mol. The Balaban J connectivity index is 2.50. The molecule has 0 bridgehead atoms. The van der Waals surface area contributed by atoms with E-state index in [4.69, 9.17) is 5.73 Å². The zero-order valence-electron chi connectivity index (χ0n) is 5.21. The van der Waals surface area contributed by atoms with Gasteiger partial charge in [0.1, 0.15) is 0 Å². The van der Waals surface area contributed by atoms with Crippen LogP contribution in [0.4, 0.5) is 0 Å². The molecule has 0 saturated carbocycles. The minimum Gasteiger partial charge on any atom is -0.319 e. The first kappa shape index (κ1) is 6.83. The molecule has 1 aliphatic heterocycles. The summed E-state index contributed by atoms with van der Waals surface area (Å²) >= 11 is 1.73. The van der Waals surface area contributed by atoms with Gasteiger partial charge in [0.15, 0.2) is 0 Å². The first-order valence-corrected chi connectivity index (χ1v) is 3.88. The predicted octanol–water partition coefficient (Wildman–Crippen LogP) is 0.645. The van der Waals surface area contributed by atoms with Gasteiger partial charge in [-0.2, -0.15) is 0 Å². The van der Waals surface area contributed by atoms with Crippen LogP contribution in [0, 0.1) is 0 Å². The number of rotatable bonds is 2. The minimum atomic E-state index is -0.0301. The molecule has 0 aromatic carbocycles. The topological polar surface area (TPSA) is 38.4 Å². The van der Waals surface area contributed by atoms with Crippen molar-refractivity contribution >= 4 is 16.8 Å². The quantitative estimate of drug-likeness (QED) is 0.575. The van der Waals surface area contributed by atoms with E-state index in [0.29, 0.717) is 0 Å². The molecular formula is C6H10N2S. The van der Waals surface area contributed by atoms with E-state index in [1.54, 1.807) is 17.8 Å². The first-order chi connectivity index (χ1) is 4.34. The number of nitrogens with zero attached hydrogens (tertiary/aromatic N) is 1. The molecule has 0 amide bonds. The van der Waals surface area contributed by atoms with Crippen LogP contribution in [-0.2, 0) is 0 Å². The molecule has 0 radical (unpaired) electrons. The monoisotopic (exact) mass is 142 g/mol. The highest BCUT2D eigenvalue weighted by Crippen LogP contribution is 2.13. The van der Waals surface area contributed by atoms with Crippen molar-refractivity contribution in [2.24, 2.45) is 10.7 Å². The Kier molecular flexibility index (Phi) is 2.30. The van der Waals surface area contributed by atoms with E-state index in [9.17, 15) is 0 Å². The van der Waals surface area contributed by atoms with Crippen molar-refractivity contribution in [3.8, 4) is 0 Å². The lowest BCUT2D eigenvalue weighted by Gasteiger charge is -2.01. The predicted molar refractivity (Wildman–Crippen MR) is 42.9 cm³/mol. The first-order valence-electron chi connectivity index (χ1n) is 2.90. The molecule has 0 spiro atoms. The Bertz CT molecular complexity index is 142. The van der Waals surface area contributed by atoms with E-state index >= 15 is 0 Å². The van der Waals surface area contributed by atoms with E-state index in [1.807, 2.05) is 0 Å². The van der Waals surface area contributed by atoms with Gasteiger partial charge in [-0.3, -0.25) is 4.99 Å². The molecule has 1 aliphatic rings. The zero-order valence-corrected chi connectivity index (χ0v) is 6.03. The molecule has 1 rings (SSSR count). The number of thioether (sulfide) groups is 1. The van der Waals surface area contributed by atoms with Gasteiger partial charge in [-0.15, -0.1) is 18.3 Å². The van der Waals surface area contributed by atoms with Crippen LogP contribution in [0.5, 0.6) is 0 Å². The maximum atomic E-state index is 5.61. The van der Waals surface area contributed by atoms with Crippen molar-refractivity contribution in [2.75, 3.05) is 12.3 Å². The van der Waals surface area contributed by atoms with Gasteiger partial charge >= 0.3 is 0 Å². The summed E-state index contributed by atoms with van der Waals surface area (Å²) in [7, 11) is 0. The van der Waals surface area contributed by atoms with Crippen LogP contribution in [-0.4, -0.2) is 23.4 Å². The highest BCUT2D eigenvalue weighted by molar-refractivity contribution is 8.14. The third-order valence-electron chi connectivity index (χ3n) is 1.15. The maximum Gasteiger partial charge on any atom is 0.0884 e. The van der Waals surface area contributed by atoms with Crippen molar-refractivity contribution in [1.29, 1.82) is 0 Å². The zero-order chi connectivity index (χ0) is 6.69. The summed E-state index contributed by atoms with van der Waals surface area (Å²) in [6.07, 6.45) is 1.72. The Hall–Kier alpha value is -0.280. The van der Waals surface area contributed by atoms with Crippen LogP contribution in [0.1, 0.15) is 0 Å². The van der Waals surface area contributed by atoms with Crippen molar-refractivity contribution in [3.63, 3.8) is 0 Å². The lowest BCUT2D eigenvalue weighted by Crippen LogP contribution is -2.24. The summed E-state index contributed by atoms with van der Waals surface area (Å²) < 4.78 is 0. The lowest BCUT2D eigenvalue weighted by molar-refractivity contribution is 1.08. The van der Waals surface area contributed by atoms with Gasteiger partial charge in [0.2, 0.25) is 0 Å². The van der Waals surface area contributed by atoms with Crippen LogP contribution in [0.3, 0.4) is 0 Å². The summed E-state index contributed by atoms with van der Waals surface area (Å²) in [4.78, 5) is 4.19. The fourth-order valence-electron chi connectivity index (χ4n) is 0.654. The molecule has 9 heavy (non-hydrogen) atoms. The van der Waals surface area contributed by atoms with Crippen molar-refractivity contribution < 1.29 is 0 Å². The second-order valence-electron chi connectivity index (χ2n) is 1.83. The summed E-state index contributed by atoms with van der Waals surface area (Å²) in [5.41, 5.74) is 5.61. The van der Waals surface area contributed by atoms with Crippen LogP contribution < -0.4 is 5.73 Å². The molecule has 50 valence electrons. The Morgan fingerprint density at radius 3 is 3.11 bits per heavy atom. The van der Waals surface area contributed by atoms with Crippen molar-refractivity contribution in [2.45, 2.75) is 6.04 Å².